The summed E-state index contributed by atoms with van der Waals surface area (Å²) in [4.78, 5) is 17.0. The highest BCUT2D eigenvalue weighted by Crippen LogP contribution is 2.26. The van der Waals surface area contributed by atoms with Crippen molar-refractivity contribution in [3.8, 4) is 0 Å². The molecule has 1 aliphatic rings. The Kier molecular flexibility index (Phi) is 6.64. The monoisotopic (exact) mass is 381 g/mol. The molecule has 0 saturated carbocycles. The molecule has 2 N–H and O–H groups in total. The van der Waals surface area contributed by atoms with E-state index in [4.69, 9.17) is 16.3 Å². The van der Waals surface area contributed by atoms with Gasteiger partial charge in [0.05, 0.1) is 15.2 Å². The third-order valence-corrected chi connectivity index (χ3v) is 5.88. The van der Waals surface area contributed by atoms with Gasteiger partial charge < -0.3 is 15.4 Å². The number of thiazole rings is 1. The number of benzene rings is 1. The number of hydrogen-bond donors (Lipinski definition) is 2. The second-order valence-corrected chi connectivity index (χ2v) is 7.95. The van der Waals surface area contributed by atoms with E-state index in [1.165, 1.54) is 0 Å². The number of ether oxygens (including phenoxy) is 1. The van der Waals surface area contributed by atoms with Crippen molar-refractivity contribution in [1.29, 1.82) is 0 Å². The summed E-state index contributed by atoms with van der Waals surface area (Å²) in [5.74, 6) is 0.568. The largest absolute Gasteiger partial charge is 0.381 e. The second-order valence-electron chi connectivity index (χ2n) is 6.40. The molecule has 7 heteroatoms. The zero-order valence-corrected chi connectivity index (χ0v) is 16.0. The molecule has 1 amide bonds. The van der Waals surface area contributed by atoms with Crippen molar-refractivity contribution in [1.82, 2.24) is 15.6 Å². The van der Waals surface area contributed by atoms with Crippen molar-refractivity contribution in [2.45, 2.75) is 31.7 Å². The van der Waals surface area contributed by atoms with Gasteiger partial charge in [0, 0.05) is 43.7 Å². The van der Waals surface area contributed by atoms with Gasteiger partial charge in [-0.05, 0) is 44.0 Å². The molecule has 0 bridgehead atoms. The fourth-order valence-electron chi connectivity index (χ4n) is 3.23. The van der Waals surface area contributed by atoms with Crippen LogP contribution in [0.2, 0.25) is 5.02 Å². The van der Waals surface area contributed by atoms with Crippen LogP contribution in [0.4, 0.5) is 0 Å². The summed E-state index contributed by atoms with van der Waals surface area (Å²) in [6, 6.07) is 5.85. The van der Waals surface area contributed by atoms with E-state index in [9.17, 15) is 4.79 Å². The van der Waals surface area contributed by atoms with Crippen molar-refractivity contribution < 1.29 is 9.53 Å². The average molecular weight is 382 g/mol. The van der Waals surface area contributed by atoms with Gasteiger partial charge in [0.1, 0.15) is 0 Å². The summed E-state index contributed by atoms with van der Waals surface area (Å²) in [7, 11) is 1.92. The summed E-state index contributed by atoms with van der Waals surface area (Å²) in [6.45, 7) is 2.36. The van der Waals surface area contributed by atoms with Crippen LogP contribution in [0, 0.1) is 5.92 Å². The lowest BCUT2D eigenvalue weighted by Crippen LogP contribution is -2.47. The summed E-state index contributed by atoms with van der Waals surface area (Å²) in [5, 5.41) is 8.08. The van der Waals surface area contributed by atoms with E-state index in [0.29, 0.717) is 23.8 Å². The minimum absolute atomic E-state index is 0.0871. The van der Waals surface area contributed by atoms with Crippen LogP contribution in [0.3, 0.4) is 0 Å². The van der Waals surface area contributed by atoms with E-state index in [-0.39, 0.29) is 11.9 Å². The van der Waals surface area contributed by atoms with Gasteiger partial charge in [-0.1, -0.05) is 11.6 Å². The second kappa shape index (κ2) is 8.94. The molecule has 1 saturated heterocycles. The van der Waals surface area contributed by atoms with Gasteiger partial charge in [-0.15, -0.1) is 11.3 Å². The number of fused-ring (bicyclic) bond motifs is 1. The highest BCUT2D eigenvalue weighted by atomic mass is 35.5. The van der Waals surface area contributed by atoms with Crippen molar-refractivity contribution in [3.63, 3.8) is 0 Å². The van der Waals surface area contributed by atoms with E-state index in [0.717, 1.165) is 47.8 Å². The Morgan fingerprint density at radius 2 is 2.24 bits per heavy atom. The van der Waals surface area contributed by atoms with E-state index < -0.39 is 0 Å². The standard InChI is InChI=1S/C18H24ClN3O2S/c1-20-11-15(12-6-8-24-9-7-12)21-17(23)4-5-18-22-14-3-2-13(19)10-16(14)25-18/h2-3,10,12,15,20H,4-9,11H2,1H3,(H,21,23). The maximum Gasteiger partial charge on any atom is 0.220 e. The molecule has 3 rings (SSSR count). The minimum Gasteiger partial charge on any atom is -0.381 e. The predicted molar refractivity (Wildman–Crippen MR) is 102 cm³/mol. The number of carbonyl (C=O) groups is 1. The van der Waals surface area contributed by atoms with Gasteiger partial charge in [0.25, 0.3) is 0 Å². The van der Waals surface area contributed by atoms with Crippen molar-refractivity contribution in [3.05, 3.63) is 28.2 Å². The van der Waals surface area contributed by atoms with Crippen LogP contribution in [-0.4, -0.2) is 43.7 Å². The van der Waals surface area contributed by atoms with Gasteiger partial charge >= 0.3 is 0 Å². The third-order valence-electron chi connectivity index (χ3n) is 4.57. The Bertz CT molecular complexity index is 715. The van der Waals surface area contributed by atoms with E-state index in [1.807, 2.05) is 25.2 Å². The molecule has 0 spiro atoms. The Morgan fingerprint density at radius 3 is 3.00 bits per heavy atom. The Labute approximate surface area is 157 Å². The molecule has 1 aromatic carbocycles. The highest BCUT2D eigenvalue weighted by molar-refractivity contribution is 7.18. The van der Waals surface area contributed by atoms with Crippen LogP contribution in [-0.2, 0) is 16.0 Å². The Morgan fingerprint density at radius 1 is 1.44 bits per heavy atom. The predicted octanol–water partition coefficient (Wildman–Crippen LogP) is 3.01. The molecule has 25 heavy (non-hydrogen) atoms. The fraction of sp³-hybridized carbons (Fsp3) is 0.556. The highest BCUT2D eigenvalue weighted by Gasteiger charge is 2.24. The number of nitrogens with one attached hydrogen (secondary N) is 2. The third kappa shape index (κ3) is 5.14. The quantitative estimate of drug-likeness (QED) is 0.773. The molecule has 2 heterocycles. The molecule has 136 valence electrons. The molecule has 0 radical (unpaired) electrons. The summed E-state index contributed by atoms with van der Waals surface area (Å²) < 4.78 is 6.49. The SMILES string of the molecule is CNCC(NC(=O)CCc1nc2ccc(Cl)cc2s1)C1CCOCC1. The first kappa shape index (κ1) is 18.6. The zero-order valence-electron chi connectivity index (χ0n) is 14.4. The van der Waals surface area contributed by atoms with Gasteiger partial charge in [-0.25, -0.2) is 4.98 Å². The number of nitrogens with zero attached hydrogens (tertiary/aromatic N) is 1. The number of hydrogen-bond acceptors (Lipinski definition) is 5. The van der Waals surface area contributed by atoms with Crippen molar-refractivity contribution in [2.24, 2.45) is 5.92 Å². The zero-order chi connectivity index (χ0) is 17.6. The maximum atomic E-state index is 12.4. The molecule has 1 atom stereocenters. The topological polar surface area (TPSA) is 63.2 Å². The Balaban J connectivity index is 1.54. The lowest BCUT2D eigenvalue weighted by atomic mass is 9.91. The van der Waals surface area contributed by atoms with Crippen LogP contribution >= 0.6 is 22.9 Å². The molecule has 2 aromatic rings. The average Bonchev–Trinajstić information content (AvgIpc) is 3.02. The number of carbonyl (C=O) groups excluding carboxylic acids is 1. The van der Waals surface area contributed by atoms with Crippen molar-refractivity contribution in [2.75, 3.05) is 26.8 Å². The molecular formula is C18H24ClN3O2S. The normalized spacial score (nSPS) is 16.9. The molecule has 1 aromatic heterocycles. The van der Waals surface area contributed by atoms with Gasteiger partial charge in [-0.3, -0.25) is 4.79 Å². The van der Waals surface area contributed by atoms with Crippen LogP contribution in [0.25, 0.3) is 10.2 Å². The van der Waals surface area contributed by atoms with Crippen LogP contribution in [0.1, 0.15) is 24.3 Å². The molecule has 1 fully saturated rings. The first-order chi connectivity index (χ1) is 12.2. The number of rotatable bonds is 7. The summed E-state index contributed by atoms with van der Waals surface area (Å²) in [5.41, 5.74) is 0.945. The number of aromatic nitrogens is 1. The van der Waals surface area contributed by atoms with E-state index in [2.05, 4.69) is 15.6 Å². The van der Waals surface area contributed by atoms with Gasteiger partial charge in [-0.2, -0.15) is 0 Å². The first-order valence-corrected chi connectivity index (χ1v) is 9.92. The molecular weight excluding hydrogens is 358 g/mol. The van der Waals surface area contributed by atoms with Gasteiger partial charge in [0.15, 0.2) is 0 Å². The Hall–Kier alpha value is -1.21. The van der Waals surface area contributed by atoms with E-state index >= 15 is 0 Å². The molecule has 5 nitrogen and oxygen atoms in total. The van der Waals surface area contributed by atoms with Crippen molar-refractivity contribution >= 4 is 39.1 Å². The first-order valence-electron chi connectivity index (χ1n) is 8.72. The van der Waals surface area contributed by atoms with Crippen LogP contribution < -0.4 is 10.6 Å². The maximum absolute atomic E-state index is 12.4. The number of amides is 1. The molecule has 1 unspecified atom stereocenters. The number of likely N-dealkylation sites (N-methyl/N-ethyl adjacent to an activating group) is 1. The summed E-state index contributed by atoms with van der Waals surface area (Å²) >= 11 is 7.62. The van der Waals surface area contributed by atoms with E-state index in [1.54, 1.807) is 11.3 Å². The lowest BCUT2D eigenvalue weighted by Gasteiger charge is -2.31. The smallest absolute Gasteiger partial charge is 0.220 e. The minimum atomic E-state index is 0.0871. The lowest BCUT2D eigenvalue weighted by molar-refractivity contribution is -0.122. The molecule has 0 aliphatic carbocycles. The van der Waals surface area contributed by atoms with Crippen LogP contribution in [0.5, 0.6) is 0 Å². The number of halogens is 1. The molecule has 1 aliphatic heterocycles. The van der Waals surface area contributed by atoms with Crippen LogP contribution in [0.15, 0.2) is 18.2 Å². The fourth-order valence-corrected chi connectivity index (χ4v) is 4.47. The summed E-state index contributed by atoms with van der Waals surface area (Å²) in [6.07, 6.45) is 3.12. The van der Waals surface area contributed by atoms with Gasteiger partial charge in [0.2, 0.25) is 5.91 Å². The number of aryl methyl sites for hydroxylation is 1.